The number of fused-ring (bicyclic) bond motifs is 1. The number of imidazole rings is 1. The highest BCUT2D eigenvalue weighted by Crippen LogP contribution is 2.31. The largest absolute Gasteiger partial charge is 0.472 e. The lowest BCUT2D eigenvalue weighted by Gasteiger charge is -2.09. The Morgan fingerprint density at radius 1 is 1.07 bits per heavy atom. The molecule has 154 valence electrons. The Kier molecular flexibility index (Phi) is 5.29. The third-order valence-electron chi connectivity index (χ3n) is 4.40. The van der Waals surface area contributed by atoms with Crippen LogP contribution in [-0.4, -0.2) is 24.5 Å². The summed E-state index contributed by atoms with van der Waals surface area (Å²) in [5, 5.41) is 0.654. The molecule has 10 heteroatoms. The quantitative estimate of drug-likeness (QED) is 0.407. The van der Waals surface area contributed by atoms with Gasteiger partial charge in [0, 0.05) is 24.5 Å². The van der Waals surface area contributed by atoms with E-state index in [1.54, 1.807) is 49.5 Å². The van der Waals surface area contributed by atoms with Gasteiger partial charge in [0.25, 0.3) is 0 Å². The van der Waals surface area contributed by atoms with Crippen molar-refractivity contribution in [2.24, 2.45) is 0 Å². The molecule has 0 N–H and O–H groups in total. The van der Waals surface area contributed by atoms with Gasteiger partial charge in [0.1, 0.15) is 12.4 Å². The lowest BCUT2D eigenvalue weighted by molar-refractivity contribution is -0.140. The van der Waals surface area contributed by atoms with Crippen LogP contribution in [-0.2, 0) is 19.3 Å². The van der Waals surface area contributed by atoms with Crippen LogP contribution in [0.4, 0.5) is 13.2 Å². The highest BCUT2D eigenvalue weighted by molar-refractivity contribution is 6.28. The molecule has 4 aromatic rings. The van der Waals surface area contributed by atoms with E-state index in [0.29, 0.717) is 29.0 Å². The van der Waals surface area contributed by atoms with Gasteiger partial charge in [-0.05, 0) is 36.2 Å². The van der Waals surface area contributed by atoms with Gasteiger partial charge in [-0.1, -0.05) is 24.3 Å². The van der Waals surface area contributed by atoms with Gasteiger partial charge in [0.15, 0.2) is 11.3 Å². The van der Waals surface area contributed by atoms with Crippen LogP contribution in [0.15, 0.2) is 48.8 Å². The normalized spacial score (nSPS) is 11.8. The molecule has 0 atom stereocenters. The van der Waals surface area contributed by atoms with Crippen molar-refractivity contribution in [3.8, 4) is 17.3 Å². The molecule has 0 bridgehead atoms. The van der Waals surface area contributed by atoms with Crippen LogP contribution in [0, 0.1) is 0 Å². The Labute approximate surface area is 174 Å². The third-order valence-corrected chi connectivity index (χ3v) is 4.57. The van der Waals surface area contributed by atoms with Gasteiger partial charge in [-0.3, -0.25) is 0 Å². The molecule has 3 heterocycles. The minimum absolute atomic E-state index is 0.0263. The van der Waals surface area contributed by atoms with Crippen molar-refractivity contribution < 1.29 is 17.9 Å². The van der Waals surface area contributed by atoms with Crippen LogP contribution in [0.1, 0.15) is 18.2 Å². The summed E-state index contributed by atoms with van der Waals surface area (Å²) < 4.78 is 46.2. The zero-order valence-electron chi connectivity index (χ0n) is 15.7. The van der Waals surface area contributed by atoms with Gasteiger partial charge < -0.3 is 9.30 Å². The molecular formula is C20H15ClF3N5O. The van der Waals surface area contributed by atoms with Gasteiger partial charge in [-0.2, -0.15) is 23.1 Å². The summed E-state index contributed by atoms with van der Waals surface area (Å²) >= 11 is 5.93. The first kappa shape index (κ1) is 20.1. The first-order valence-corrected chi connectivity index (χ1v) is 9.37. The summed E-state index contributed by atoms with van der Waals surface area (Å²) in [7, 11) is 0. The van der Waals surface area contributed by atoms with E-state index in [0.717, 1.165) is 11.8 Å². The SMILES string of the molecule is CCn1cc(C(F)(F)F)nc1-c1ccc(COc2nc(Cl)nc3ncccc23)cc1. The summed E-state index contributed by atoms with van der Waals surface area (Å²) in [6, 6.07) is 10.5. The van der Waals surface area contributed by atoms with Crippen molar-refractivity contribution >= 4 is 22.6 Å². The number of hydrogen-bond acceptors (Lipinski definition) is 5. The zero-order chi connectivity index (χ0) is 21.3. The summed E-state index contributed by atoms with van der Waals surface area (Å²) in [6.45, 7) is 2.33. The number of pyridine rings is 1. The number of halogens is 4. The van der Waals surface area contributed by atoms with Crippen LogP contribution in [0.2, 0.25) is 5.28 Å². The fraction of sp³-hybridized carbons (Fsp3) is 0.200. The maximum Gasteiger partial charge on any atom is 0.434 e. The summed E-state index contributed by atoms with van der Waals surface area (Å²) in [4.78, 5) is 16.0. The van der Waals surface area contributed by atoms with Gasteiger partial charge in [0.2, 0.25) is 11.2 Å². The zero-order valence-corrected chi connectivity index (χ0v) is 16.4. The second kappa shape index (κ2) is 7.91. The Bertz CT molecular complexity index is 1190. The summed E-state index contributed by atoms with van der Waals surface area (Å²) in [5.41, 5.74) is 0.898. The number of alkyl halides is 3. The van der Waals surface area contributed by atoms with E-state index >= 15 is 0 Å². The number of hydrogen-bond donors (Lipinski definition) is 0. The van der Waals surface area contributed by atoms with Crippen LogP contribution < -0.4 is 4.74 Å². The van der Waals surface area contributed by atoms with E-state index in [2.05, 4.69) is 19.9 Å². The van der Waals surface area contributed by atoms with E-state index in [9.17, 15) is 13.2 Å². The van der Waals surface area contributed by atoms with Crippen LogP contribution in [0.25, 0.3) is 22.4 Å². The van der Waals surface area contributed by atoms with E-state index in [-0.39, 0.29) is 17.7 Å². The first-order valence-electron chi connectivity index (χ1n) is 9.00. The van der Waals surface area contributed by atoms with Crippen LogP contribution >= 0.6 is 11.6 Å². The molecular weight excluding hydrogens is 419 g/mol. The summed E-state index contributed by atoms with van der Waals surface area (Å²) in [6.07, 6.45) is -1.87. The standard InChI is InChI=1S/C20H15ClF3N5O/c1-2-29-10-15(20(22,23)24)26-17(29)13-7-5-12(6-8-13)11-30-18-14-4-3-9-25-16(14)27-19(21)28-18/h3-10H,2,11H2,1H3. The second-order valence-corrected chi connectivity index (χ2v) is 6.73. The molecule has 1 aromatic carbocycles. The highest BCUT2D eigenvalue weighted by atomic mass is 35.5. The van der Waals surface area contributed by atoms with Crippen LogP contribution in [0.5, 0.6) is 5.88 Å². The molecule has 0 spiro atoms. The van der Waals surface area contributed by atoms with Crippen molar-refractivity contribution in [1.29, 1.82) is 0 Å². The molecule has 0 saturated carbocycles. The van der Waals surface area contributed by atoms with Crippen molar-refractivity contribution in [3.63, 3.8) is 0 Å². The highest BCUT2D eigenvalue weighted by Gasteiger charge is 2.34. The average molecular weight is 434 g/mol. The number of aromatic nitrogens is 5. The number of benzene rings is 1. The Morgan fingerprint density at radius 3 is 2.53 bits per heavy atom. The molecule has 4 rings (SSSR count). The molecule has 0 amide bonds. The van der Waals surface area contributed by atoms with Gasteiger partial charge in [0.05, 0.1) is 5.39 Å². The predicted octanol–water partition coefficient (Wildman–Crippen LogP) is 5.16. The lowest BCUT2D eigenvalue weighted by Crippen LogP contribution is -2.05. The molecule has 0 aliphatic heterocycles. The lowest BCUT2D eigenvalue weighted by atomic mass is 10.1. The average Bonchev–Trinajstić information content (AvgIpc) is 3.17. The smallest absolute Gasteiger partial charge is 0.434 e. The minimum atomic E-state index is -4.49. The molecule has 3 aromatic heterocycles. The Balaban J connectivity index is 1.55. The molecule has 0 fully saturated rings. The Morgan fingerprint density at radius 2 is 1.83 bits per heavy atom. The fourth-order valence-corrected chi connectivity index (χ4v) is 3.10. The van der Waals surface area contributed by atoms with Gasteiger partial charge in [-0.25, -0.2) is 9.97 Å². The molecule has 0 aliphatic rings. The Hall–Kier alpha value is -3.20. The molecule has 30 heavy (non-hydrogen) atoms. The van der Waals surface area contributed by atoms with Crippen molar-refractivity contribution in [2.75, 3.05) is 0 Å². The van der Waals surface area contributed by atoms with E-state index in [1.165, 1.54) is 4.57 Å². The fourth-order valence-electron chi connectivity index (χ4n) is 2.95. The molecule has 0 aliphatic carbocycles. The van der Waals surface area contributed by atoms with Gasteiger partial charge in [-0.15, -0.1) is 0 Å². The van der Waals surface area contributed by atoms with Crippen molar-refractivity contribution in [3.05, 3.63) is 65.3 Å². The number of ether oxygens (including phenoxy) is 1. The molecule has 6 nitrogen and oxygen atoms in total. The maximum atomic E-state index is 13.0. The number of nitrogens with zero attached hydrogens (tertiary/aromatic N) is 5. The number of aryl methyl sites for hydroxylation is 1. The van der Waals surface area contributed by atoms with E-state index in [1.807, 2.05) is 0 Å². The molecule has 0 saturated heterocycles. The summed E-state index contributed by atoms with van der Waals surface area (Å²) in [5.74, 6) is 0.565. The maximum absolute atomic E-state index is 13.0. The van der Waals surface area contributed by atoms with Crippen molar-refractivity contribution in [1.82, 2.24) is 24.5 Å². The second-order valence-electron chi connectivity index (χ2n) is 6.39. The minimum Gasteiger partial charge on any atom is -0.472 e. The first-order chi connectivity index (χ1) is 14.3. The molecule has 0 unspecified atom stereocenters. The van der Waals surface area contributed by atoms with Crippen molar-refractivity contribution in [2.45, 2.75) is 26.3 Å². The van der Waals surface area contributed by atoms with E-state index in [4.69, 9.17) is 16.3 Å². The van der Waals surface area contributed by atoms with Crippen LogP contribution in [0.3, 0.4) is 0 Å². The van der Waals surface area contributed by atoms with Gasteiger partial charge >= 0.3 is 6.18 Å². The monoisotopic (exact) mass is 433 g/mol. The van der Waals surface area contributed by atoms with E-state index < -0.39 is 11.9 Å². The topological polar surface area (TPSA) is 65.7 Å². The molecule has 0 radical (unpaired) electrons. The number of rotatable bonds is 5. The predicted molar refractivity (Wildman–Crippen MR) is 105 cm³/mol. The third kappa shape index (κ3) is 4.06.